The van der Waals surface area contributed by atoms with Gasteiger partial charge >= 0.3 is 0 Å². The summed E-state index contributed by atoms with van der Waals surface area (Å²) in [4.78, 5) is 4.41. The Labute approximate surface area is 137 Å². The van der Waals surface area contributed by atoms with E-state index < -0.39 is 0 Å². The van der Waals surface area contributed by atoms with Crippen LogP contribution in [-0.2, 0) is 6.54 Å². The van der Waals surface area contributed by atoms with Crippen LogP contribution in [-0.4, -0.2) is 12.9 Å². The van der Waals surface area contributed by atoms with E-state index in [1.54, 1.807) is 0 Å². The minimum atomic E-state index is 0.767. The van der Waals surface area contributed by atoms with Crippen molar-refractivity contribution in [1.82, 2.24) is 5.32 Å². The zero-order chi connectivity index (χ0) is 15.9. The Kier molecular flexibility index (Phi) is 4.85. The molecule has 0 saturated carbocycles. The van der Waals surface area contributed by atoms with Gasteiger partial charge in [0.1, 0.15) is 5.84 Å². The first kappa shape index (κ1) is 15.0. The Balaban J connectivity index is 1.79. The van der Waals surface area contributed by atoms with Crippen molar-refractivity contribution in [3.8, 4) is 11.1 Å². The van der Waals surface area contributed by atoms with E-state index in [-0.39, 0.29) is 0 Å². The zero-order valence-electron chi connectivity index (χ0n) is 13.2. The third-order valence-corrected chi connectivity index (χ3v) is 3.77. The average molecular weight is 300 g/mol. The Morgan fingerprint density at radius 2 is 1.43 bits per heavy atom. The van der Waals surface area contributed by atoms with E-state index in [1.807, 2.05) is 19.2 Å². The number of hydrogen-bond acceptors (Lipinski definition) is 1. The SMILES string of the molecule is CN=C(NCc1ccccc1)c1cccc(-c2ccccc2)c1. The number of nitrogens with zero attached hydrogens (tertiary/aromatic N) is 1. The maximum atomic E-state index is 4.41. The third kappa shape index (κ3) is 3.86. The van der Waals surface area contributed by atoms with Gasteiger partial charge in [0.2, 0.25) is 0 Å². The van der Waals surface area contributed by atoms with Crippen LogP contribution in [0.3, 0.4) is 0 Å². The highest BCUT2D eigenvalue weighted by atomic mass is 15.0. The minimum absolute atomic E-state index is 0.767. The molecule has 23 heavy (non-hydrogen) atoms. The number of aliphatic imine (C=N–C) groups is 1. The van der Waals surface area contributed by atoms with E-state index in [1.165, 1.54) is 16.7 Å². The van der Waals surface area contributed by atoms with Crippen LogP contribution >= 0.6 is 0 Å². The van der Waals surface area contributed by atoms with Crippen molar-refractivity contribution in [2.24, 2.45) is 4.99 Å². The second-order valence-corrected chi connectivity index (χ2v) is 5.36. The molecule has 0 aliphatic rings. The summed E-state index contributed by atoms with van der Waals surface area (Å²) < 4.78 is 0. The largest absolute Gasteiger partial charge is 0.366 e. The van der Waals surface area contributed by atoms with Gasteiger partial charge in [0, 0.05) is 19.2 Å². The predicted octanol–water partition coefficient (Wildman–Crippen LogP) is 4.52. The topological polar surface area (TPSA) is 24.4 Å². The summed E-state index contributed by atoms with van der Waals surface area (Å²) in [6, 6.07) is 29.2. The highest BCUT2D eigenvalue weighted by Gasteiger charge is 2.05. The molecule has 114 valence electrons. The molecule has 0 bridgehead atoms. The number of amidine groups is 1. The van der Waals surface area contributed by atoms with Gasteiger partial charge in [0.15, 0.2) is 0 Å². The lowest BCUT2D eigenvalue weighted by Crippen LogP contribution is -2.23. The molecule has 0 radical (unpaired) electrons. The molecule has 2 nitrogen and oxygen atoms in total. The molecular weight excluding hydrogens is 280 g/mol. The highest BCUT2D eigenvalue weighted by Crippen LogP contribution is 2.20. The predicted molar refractivity (Wildman–Crippen MR) is 97.6 cm³/mol. The van der Waals surface area contributed by atoms with Crippen LogP contribution in [0.4, 0.5) is 0 Å². The zero-order valence-corrected chi connectivity index (χ0v) is 13.2. The van der Waals surface area contributed by atoms with Crippen LogP contribution in [0.1, 0.15) is 11.1 Å². The molecule has 0 aliphatic heterocycles. The number of nitrogens with one attached hydrogen (secondary N) is 1. The molecule has 0 aromatic heterocycles. The van der Waals surface area contributed by atoms with Gasteiger partial charge in [0.05, 0.1) is 0 Å². The molecule has 1 N–H and O–H groups in total. The molecule has 0 spiro atoms. The molecule has 3 aromatic carbocycles. The van der Waals surface area contributed by atoms with E-state index in [9.17, 15) is 0 Å². The number of rotatable bonds is 4. The van der Waals surface area contributed by atoms with Crippen molar-refractivity contribution in [3.63, 3.8) is 0 Å². The van der Waals surface area contributed by atoms with Gasteiger partial charge in [0.25, 0.3) is 0 Å². The second kappa shape index (κ2) is 7.41. The first-order chi connectivity index (χ1) is 11.4. The first-order valence-electron chi connectivity index (χ1n) is 7.77. The van der Waals surface area contributed by atoms with Gasteiger partial charge in [-0.05, 0) is 22.8 Å². The lowest BCUT2D eigenvalue weighted by Gasteiger charge is -2.11. The van der Waals surface area contributed by atoms with Gasteiger partial charge in [-0.15, -0.1) is 0 Å². The maximum absolute atomic E-state index is 4.41. The van der Waals surface area contributed by atoms with Gasteiger partial charge in [-0.3, -0.25) is 4.99 Å². The minimum Gasteiger partial charge on any atom is -0.366 e. The van der Waals surface area contributed by atoms with Crippen molar-refractivity contribution in [2.45, 2.75) is 6.54 Å². The van der Waals surface area contributed by atoms with E-state index in [4.69, 9.17) is 0 Å². The molecular formula is C21H20N2. The standard InChI is InChI=1S/C21H20N2/c1-22-21(23-16-17-9-4-2-5-10-17)20-14-8-13-19(15-20)18-11-6-3-7-12-18/h2-15H,16H2,1H3,(H,22,23). The Hall–Kier alpha value is -2.87. The molecule has 0 atom stereocenters. The molecule has 0 saturated heterocycles. The molecule has 0 heterocycles. The fourth-order valence-corrected chi connectivity index (χ4v) is 2.57. The average Bonchev–Trinajstić information content (AvgIpc) is 2.64. The normalized spacial score (nSPS) is 11.3. The summed E-state index contributed by atoms with van der Waals surface area (Å²) in [6.07, 6.45) is 0. The summed E-state index contributed by atoms with van der Waals surface area (Å²) in [5.41, 5.74) is 4.76. The van der Waals surface area contributed by atoms with Gasteiger partial charge in [-0.2, -0.15) is 0 Å². The summed E-state index contributed by atoms with van der Waals surface area (Å²) in [5.74, 6) is 0.909. The first-order valence-corrected chi connectivity index (χ1v) is 7.77. The Bertz CT molecular complexity index is 777. The van der Waals surface area contributed by atoms with Crippen molar-refractivity contribution >= 4 is 5.84 Å². The van der Waals surface area contributed by atoms with Crippen LogP contribution in [0.15, 0.2) is 89.9 Å². The van der Waals surface area contributed by atoms with Crippen LogP contribution in [0.25, 0.3) is 11.1 Å². The Morgan fingerprint density at radius 3 is 2.13 bits per heavy atom. The number of hydrogen-bond donors (Lipinski definition) is 1. The summed E-state index contributed by atoms with van der Waals surface area (Å²) in [5, 5.41) is 3.43. The quantitative estimate of drug-likeness (QED) is 0.556. The summed E-state index contributed by atoms with van der Waals surface area (Å²) in [7, 11) is 1.82. The fraction of sp³-hybridized carbons (Fsp3) is 0.0952. The lowest BCUT2D eigenvalue weighted by molar-refractivity contribution is 0.911. The second-order valence-electron chi connectivity index (χ2n) is 5.36. The molecule has 0 aliphatic carbocycles. The molecule has 0 unspecified atom stereocenters. The van der Waals surface area contributed by atoms with Crippen LogP contribution in [0.2, 0.25) is 0 Å². The summed E-state index contributed by atoms with van der Waals surface area (Å²) in [6.45, 7) is 0.767. The van der Waals surface area contributed by atoms with Crippen LogP contribution < -0.4 is 5.32 Å². The van der Waals surface area contributed by atoms with Crippen molar-refractivity contribution in [3.05, 3.63) is 96.1 Å². The molecule has 2 heteroatoms. The van der Waals surface area contributed by atoms with Gasteiger partial charge in [-0.25, -0.2) is 0 Å². The molecule has 0 fully saturated rings. The molecule has 0 amide bonds. The smallest absolute Gasteiger partial charge is 0.128 e. The van der Waals surface area contributed by atoms with Crippen LogP contribution in [0, 0.1) is 0 Å². The Morgan fingerprint density at radius 1 is 0.783 bits per heavy atom. The van der Waals surface area contributed by atoms with E-state index in [0.717, 1.165) is 17.9 Å². The third-order valence-electron chi connectivity index (χ3n) is 3.77. The van der Waals surface area contributed by atoms with Crippen molar-refractivity contribution in [2.75, 3.05) is 7.05 Å². The summed E-state index contributed by atoms with van der Waals surface area (Å²) >= 11 is 0. The highest BCUT2D eigenvalue weighted by molar-refractivity contribution is 5.99. The van der Waals surface area contributed by atoms with Crippen LogP contribution in [0.5, 0.6) is 0 Å². The lowest BCUT2D eigenvalue weighted by atomic mass is 10.0. The fourth-order valence-electron chi connectivity index (χ4n) is 2.57. The van der Waals surface area contributed by atoms with Gasteiger partial charge in [-0.1, -0.05) is 78.9 Å². The molecule has 3 rings (SSSR count). The van der Waals surface area contributed by atoms with Crippen molar-refractivity contribution < 1.29 is 0 Å². The maximum Gasteiger partial charge on any atom is 0.128 e. The molecule has 3 aromatic rings. The monoisotopic (exact) mass is 300 g/mol. The van der Waals surface area contributed by atoms with E-state index in [0.29, 0.717) is 0 Å². The van der Waals surface area contributed by atoms with Crippen molar-refractivity contribution in [1.29, 1.82) is 0 Å². The number of benzene rings is 3. The van der Waals surface area contributed by atoms with Gasteiger partial charge < -0.3 is 5.32 Å². The van der Waals surface area contributed by atoms with E-state index >= 15 is 0 Å². The van der Waals surface area contributed by atoms with E-state index in [2.05, 4.69) is 83.1 Å².